The molecule has 174 valence electrons. The minimum absolute atomic E-state index is 0.128. The van der Waals surface area contributed by atoms with Gasteiger partial charge in [0.1, 0.15) is 5.82 Å². The van der Waals surface area contributed by atoms with Crippen molar-refractivity contribution in [3.63, 3.8) is 0 Å². The van der Waals surface area contributed by atoms with Gasteiger partial charge in [-0.25, -0.2) is 9.37 Å². The Balaban J connectivity index is 1.46. The predicted octanol–water partition coefficient (Wildman–Crippen LogP) is 4.77. The van der Waals surface area contributed by atoms with E-state index in [1.54, 1.807) is 17.3 Å². The van der Waals surface area contributed by atoms with Crippen LogP contribution in [-0.4, -0.2) is 27.9 Å². The second-order valence-corrected chi connectivity index (χ2v) is 8.77. The molecule has 2 N–H and O–H groups in total. The summed E-state index contributed by atoms with van der Waals surface area (Å²) >= 11 is 0. The summed E-state index contributed by atoms with van der Waals surface area (Å²) in [5, 5.41) is 6.19. The molecule has 1 fully saturated rings. The number of aromatic nitrogens is 2. The second-order valence-electron chi connectivity index (χ2n) is 8.77. The van der Waals surface area contributed by atoms with Crippen molar-refractivity contribution in [1.82, 2.24) is 9.55 Å². The highest BCUT2D eigenvalue weighted by Crippen LogP contribution is 2.38. The molecule has 2 aliphatic rings. The lowest BCUT2D eigenvalue weighted by Gasteiger charge is -2.18. The van der Waals surface area contributed by atoms with Crippen LogP contribution in [0, 0.1) is 5.82 Å². The zero-order chi connectivity index (χ0) is 24.1. The van der Waals surface area contributed by atoms with Gasteiger partial charge < -0.3 is 20.1 Å². The average Bonchev–Trinajstić information content (AvgIpc) is 3.54. The Morgan fingerprint density at radius 2 is 1.89 bits per heavy atom. The summed E-state index contributed by atoms with van der Waals surface area (Å²) in [6, 6.07) is 17.7. The molecule has 4 aromatic rings. The Bertz CT molecular complexity index is 1540. The molecule has 35 heavy (non-hydrogen) atoms. The maximum atomic E-state index is 13.8. The fourth-order valence-electron chi connectivity index (χ4n) is 4.75. The van der Waals surface area contributed by atoms with Crippen LogP contribution in [0.5, 0.6) is 0 Å². The number of nitrogens with zero attached hydrogens (tertiary/aromatic N) is 3. The smallest absolute Gasteiger partial charge is 0.258 e. The molecule has 2 aliphatic heterocycles. The van der Waals surface area contributed by atoms with Gasteiger partial charge in [0.25, 0.3) is 5.91 Å². The molecular weight excluding hydrogens is 445 g/mol. The fourth-order valence-corrected chi connectivity index (χ4v) is 4.75. The Morgan fingerprint density at radius 1 is 1.06 bits per heavy atom. The lowest BCUT2D eigenvalue weighted by Crippen LogP contribution is -2.23. The van der Waals surface area contributed by atoms with Crippen molar-refractivity contribution in [3.8, 4) is 0 Å². The molecule has 0 atom stereocenters. The predicted molar refractivity (Wildman–Crippen MR) is 134 cm³/mol. The van der Waals surface area contributed by atoms with Crippen molar-refractivity contribution in [1.29, 1.82) is 0 Å². The van der Waals surface area contributed by atoms with Gasteiger partial charge in [0.15, 0.2) is 0 Å². The second kappa shape index (κ2) is 8.09. The van der Waals surface area contributed by atoms with Crippen molar-refractivity contribution in [2.45, 2.75) is 12.8 Å². The van der Waals surface area contributed by atoms with E-state index >= 15 is 0 Å². The number of carbonyl (C=O) groups is 2. The van der Waals surface area contributed by atoms with Gasteiger partial charge in [-0.2, -0.15) is 0 Å². The monoisotopic (exact) mass is 467 g/mol. The third-order valence-electron chi connectivity index (χ3n) is 6.51. The summed E-state index contributed by atoms with van der Waals surface area (Å²) in [7, 11) is 1.93. The van der Waals surface area contributed by atoms with Crippen molar-refractivity contribution in [3.05, 3.63) is 83.9 Å². The van der Waals surface area contributed by atoms with Crippen LogP contribution in [0.3, 0.4) is 0 Å². The van der Waals surface area contributed by atoms with E-state index in [9.17, 15) is 14.0 Å². The molecule has 7 nitrogen and oxygen atoms in total. The maximum Gasteiger partial charge on any atom is 0.258 e. The summed E-state index contributed by atoms with van der Waals surface area (Å²) in [5.41, 5.74) is 6.22. The van der Waals surface area contributed by atoms with Crippen LogP contribution in [0.25, 0.3) is 22.3 Å². The van der Waals surface area contributed by atoms with Gasteiger partial charge in [-0.3, -0.25) is 9.59 Å². The lowest BCUT2D eigenvalue weighted by atomic mass is 9.99. The number of imidazole rings is 1. The number of anilines is 3. The van der Waals surface area contributed by atoms with Crippen LogP contribution in [0.2, 0.25) is 0 Å². The molecule has 3 heterocycles. The van der Waals surface area contributed by atoms with Crippen LogP contribution in [0.4, 0.5) is 21.5 Å². The Kier molecular flexibility index (Phi) is 4.88. The zero-order valence-electron chi connectivity index (χ0n) is 19.0. The van der Waals surface area contributed by atoms with Crippen LogP contribution < -0.4 is 15.5 Å². The van der Waals surface area contributed by atoms with Gasteiger partial charge >= 0.3 is 0 Å². The van der Waals surface area contributed by atoms with Gasteiger partial charge in [0.2, 0.25) is 5.91 Å². The quantitative estimate of drug-likeness (QED) is 0.424. The Labute approximate surface area is 200 Å². The molecule has 0 spiro atoms. The first-order chi connectivity index (χ1) is 17.0. The van der Waals surface area contributed by atoms with Gasteiger partial charge in [-0.1, -0.05) is 6.07 Å². The highest BCUT2D eigenvalue weighted by molar-refractivity contribution is 6.37. The number of carbonyl (C=O) groups excluding carboxylic acids is 2. The molecule has 3 aromatic carbocycles. The first-order valence-electron chi connectivity index (χ1n) is 11.4. The van der Waals surface area contributed by atoms with Gasteiger partial charge in [-0.05, 0) is 61.0 Å². The molecular formula is C27H22FN5O2. The molecule has 1 saturated heterocycles. The van der Waals surface area contributed by atoms with Crippen LogP contribution in [-0.2, 0) is 16.6 Å². The summed E-state index contributed by atoms with van der Waals surface area (Å²) in [5.74, 6) is -0.598. The topological polar surface area (TPSA) is 79.3 Å². The van der Waals surface area contributed by atoms with Crippen molar-refractivity contribution in [2.75, 3.05) is 22.1 Å². The molecule has 6 rings (SSSR count). The van der Waals surface area contributed by atoms with E-state index in [1.165, 1.54) is 12.1 Å². The summed E-state index contributed by atoms with van der Waals surface area (Å²) in [4.78, 5) is 31.4. The molecule has 8 heteroatoms. The summed E-state index contributed by atoms with van der Waals surface area (Å²) < 4.78 is 15.8. The van der Waals surface area contributed by atoms with Crippen LogP contribution in [0.1, 0.15) is 24.0 Å². The Hall–Kier alpha value is -4.46. The standard InChI is InChI=1S/C27H22FN5O2/c1-32-15-29-22-13-16(4-11-23(22)32)26(25-20-10-5-17(28)14-21(20)31-27(25)35)30-18-6-8-19(9-7-18)33-12-2-3-24(33)34/h4-11,13-15,30H,2-3,12H2,1H3,(H,31,35). The minimum Gasteiger partial charge on any atom is -0.354 e. The number of halogens is 1. The van der Waals surface area contributed by atoms with E-state index in [0.29, 0.717) is 28.9 Å². The first kappa shape index (κ1) is 21.1. The molecule has 0 bridgehead atoms. The van der Waals surface area contributed by atoms with E-state index in [0.717, 1.165) is 40.9 Å². The number of fused-ring (bicyclic) bond motifs is 2. The van der Waals surface area contributed by atoms with E-state index in [1.807, 2.05) is 54.1 Å². The van der Waals surface area contributed by atoms with Crippen LogP contribution >= 0.6 is 0 Å². The first-order valence-corrected chi connectivity index (χ1v) is 11.4. The molecule has 1 aromatic heterocycles. The molecule has 0 aliphatic carbocycles. The molecule has 0 saturated carbocycles. The van der Waals surface area contributed by atoms with Gasteiger partial charge in [0, 0.05) is 42.5 Å². The van der Waals surface area contributed by atoms with Crippen molar-refractivity contribution in [2.24, 2.45) is 7.05 Å². The van der Waals surface area contributed by atoms with E-state index in [-0.39, 0.29) is 11.8 Å². The van der Waals surface area contributed by atoms with Gasteiger partial charge in [-0.15, -0.1) is 0 Å². The summed E-state index contributed by atoms with van der Waals surface area (Å²) in [6.45, 7) is 0.721. The number of nitrogens with one attached hydrogen (secondary N) is 2. The van der Waals surface area contributed by atoms with Crippen LogP contribution in [0.15, 0.2) is 67.0 Å². The Morgan fingerprint density at radius 3 is 2.66 bits per heavy atom. The SMILES string of the molecule is Cn1cnc2cc(C(Nc3ccc(N4CCCC4=O)cc3)=C3C(=O)Nc4cc(F)ccc43)ccc21. The third-order valence-corrected chi connectivity index (χ3v) is 6.51. The molecule has 2 amide bonds. The van der Waals surface area contributed by atoms with Crippen molar-refractivity contribution >= 4 is 51.2 Å². The summed E-state index contributed by atoms with van der Waals surface area (Å²) in [6.07, 6.45) is 3.18. The number of aryl methyl sites for hydroxylation is 1. The third kappa shape index (κ3) is 3.63. The number of benzene rings is 3. The maximum absolute atomic E-state index is 13.8. The minimum atomic E-state index is -0.415. The number of rotatable bonds is 4. The number of hydrogen-bond donors (Lipinski definition) is 2. The van der Waals surface area contributed by atoms with Crippen molar-refractivity contribution < 1.29 is 14.0 Å². The number of amides is 2. The zero-order valence-corrected chi connectivity index (χ0v) is 19.0. The highest BCUT2D eigenvalue weighted by Gasteiger charge is 2.29. The fraction of sp³-hybridized carbons (Fsp3) is 0.148. The van der Waals surface area contributed by atoms with Gasteiger partial charge in [0.05, 0.1) is 34.3 Å². The lowest BCUT2D eigenvalue weighted by molar-refractivity contribution is -0.117. The highest BCUT2D eigenvalue weighted by atomic mass is 19.1. The van der Waals surface area contributed by atoms with E-state index in [4.69, 9.17) is 0 Å². The van der Waals surface area contributed by atoms with E-state index in [2.05, 4.69) is 15.6 Å². The molecule has 0 radical (unpaired) electrons. The largest absolute Gasteiger partial charge is 0.354 e. The normalized spacial score (nSPS) is 16.6. The van der Waals surface area contributed by atoms with E-state index < -0.39 is 5.82 Å². The molecule has 0 unspecified atom stereocenters. The average molecular weight is 468 g/mol. The number of hydrogen-bond acceptors (Lipinski definition) is 4.